The van der Waals surface area contributed by atoms with Crippen molar-refractivity contribution in [3.8, 4) is 0 Å². The van der Waals surface area contributed by atoms with Gasteiger partial charge in [-0.2, -0.15) is 0 Å². The predicted octanol–water partition coefficient (Wildman–Crippen LogP) is 3.13. The standard InChI is InChI=1S/C25H44N2O3/c1-3-4-8-25(2,29)9-5-7-22-23-17-20(16-21(23)18-24(22)28)19-26-10-6-11-27-12-14-30-15-13-27/h5,7,16,21-24,26,28-29H,3-4,6,8-15,17-19H2,1-2H3/t21-,22+,23-,24+,25-/m0/s1. The molecule has 5 heteroatoms. The first-order chi connectivity index (χ1) is 14.5. The third-order valence-electron chi connectivity index (χ3n) is 7.22. The van der Waals surface area contributed by atoms with Crippen LogP contribution in [0.15, 0.2) is 23.8 Å². The minimum Gasteiger partial charge on any atom is -0.392 e. The summed E-state index contributed by atoms with van der Waals surface area (Å²) in [5.74, 6) is 1.27. The molecule has 172 valence electrons. The van der Waals surface area contributed by atoms with E-state index in [0.717, 1.165) is 78.0 Å². The van der Waals surface area contributed by atoms with E-state index in [1.165, 1.54) is 12.0 Å². The van der Waals surface area contributed by atoms with Crippen molar-refractivity contribution in [2.75, 3.05) is 45.9 Å². The van der Waals surface area contributed by atoms with Crippen molar-refractivity contribution in [3.05, 3.63) is 23.8 Å². The Kier molecular flexibility index (Phi) is 9.39. The monoisotopic (exact) mass is 420 g/mol. The molecular formula is C25H44N2O3. The third kappa shape index (κ3) is 7.16. The largest absolute Gasteiger partial charge is 0.392 e. The van der Waals surface area contributed by atoms with Crippen LogP contribution in [0.5, 0.6) is 0 Å². The molecule has 5 atom stereocenters. The summed E-state index contributed by atoms with van der Waals surface area (Å²) in [6.45, 7) is 11.2. The maximum atomic E-state index is 10.5. The van der Waals surface area contributed by atoms with Gasteiger partial charge in [0.2, 0.25) is 0 Å². The Morgan fingerprint density at radius 3 is 2.87 bits per heavy atom. The van der Waals surface area contributed by atoms with Gasteiger partial charge < -0.3 is 20.3 Å². The van der Waals surface area contributed by atoms with Crippen molar-refractivity contribution in [2.45, 2.75) is 70.5 Å². The number of allylic oxidation sites excluding steroid dienone is 1. The van der Waals surface area contributed by atoms with Crippen LogP contribution in [0.4, 0.5) is 0 Å². The lowest BCUT2D eigenvalue weighted by molar-refractivity contribution is 0.0375. The van der Waals surface area contributed by atoms with E-state index in [0.29, 0.717) is 18.3 Å². The average Bonchev–Trinajstić information content (AvgIpc) is 3.24. The van der Waals surface area contributed by atoms with Gasteiger partial charge in [0.1, 0.15) is 0 Å². The molecule has 1 aliphatic heterocycles. The maximum Gasteiger partial charge on any atom is 0.0654 e. The van der Waals surface area contributed by atoms with Gasteiger partial charge in [-0.25, -0.2) is 0 Å². The molecule has 0 radical (unpaired) electrons. The van der Waals surface area contributed by atoms with Gasteiger partial charge in [-0.3, -0.25) is 4.90 Å². The Bertz CT molecular complexity index is 569. The fraction of sp³-hybridized carbons (Fsp3) is 0.840. The highest BCUT2D eigenvalue weighted by Crippen LogP contribution is 2.47. The van der Waals surface area contributed by atoms with E-state index in [1.54, 1.807) is 0 Å². The number of nitrogens with one attached hydrogen (secondary N) is 1. The summed E-state index contributed by atoms with van der Waals surface area (Å²) in [5, 5.41) is 24.7. The number of ether oxygens (including phenoxy) is 1. The van der Waals surface area contributed by atoms with E-state index in [-0.39, 0.29) is 12.0 Å². The smallest absolute Gasteiger partial charge is 0.0654 e. The first kappa shape index (κ1) is 23.9. The number of morpholine rings is 1. The number of hydrogen-bond donors (Lipinski definition) is 3. The number of fused-ring (bicyclic) bond motifs is 1. The van der Waals surface area contributed by atoms with Crippen LogP contribution in [0.3, 0.4) is 0 Å². The van der Waals surface area contributed by atoms with Crippen molar-refractivity contribution >= 4 is 0 Å². The Hall–Kier alpha value is -0.720. The van der Waals surface area contributed by atoms with Crippen LogP contribution >= 0.6 is 0 Å². The van der Waals surface area contributed by atoms with Crippen molar-refractivity contribution in [1.82, 2.24) is 10.2 Å². The number of nitrogens with zero attached hydrogens (tertiary/aromatic N) is 1. The highest BCUT2D eigenvalue weighted by molar-refractivity contribution is 5.21. The second kappa shape index (κ2) is 11.8. The SMILES string of the molecule is CCCC[C@](C)(O)CC=C[C@@H]1[C@H]2CC(CNCCCN3CCOCC3)=C[C@H]2C[C@H]1O. The zero-order chi connectivity index (χ0) is 21.4. The molecule has 2 aliphatic carbocycles. The van der Waals surface area contributed by atoms with Crippen LogP contribution < -0.4 is 5.32 Å². The van der Waals surface area contributed by atoms with E-state index in [2.05, 4.69) is 35.4 Å². The van der Waals surface area contributed by atoms with E-state index >= 15 is 0 Å². The topological polar surface area (TPSA) is 65.0 Å². The summed E-state index contributed by atoms with van der Waals surface area (Å²) in [7, 11) is 0. The second-order valence-corrected chi connectivity index (χ2v) is 9.95. The van der Waals surface area contributed by atoms with Crippen LogP contribution in [0, 0.1) is 17.8 Å². The number of aliphatic hydroxyl groups is 2. The molecule has 0 aromatic carbocycles. The minimum atomic E-state index is -0.625. The van der Waals surface area contributed by atoms with Gasteiger partial charge in [0, 0.05) is 25.6 Å². The van der Waals surface area contributed by atoms with Gasteiger partial charge in [-0.15, -0.1) is 0 Å². The van der Waals surface area contributed by atoms with Crippen molar-refractivity contribution < 1.29 is 14.9 Å². The molecule has 3 aliphatic rings. The average molecular weight is 421 g/mol. The predicted molar refractivity (Wildman–Crippen MR) is 122 cm³/mol. The summed E-state index contributed by atoms with van der Waals surface area (Å²) in [5.41, 5.74) is 0.885. The molecule has 0 spiro atoms. The van der Waals surface area contributed by atoms with Crippen LogP contribution in [0.2, 0.25) is 0 Å². The van der Waals surface area contributed by atoms with E-state index < -0.39 is 5.60 Å². The highest BCUT2D eigenvalue weighted by Gasteiger charge is 2.43. The first-order valence-corrected chi connectivity index (χ1v) is 12.3. The van der Waals surface area contributed by atoms with Crippen molar-refractivity contribution in [2.24, 2.45) is 17.8 Å². The van der Waals surface area contributed by atoms with Crippen molar-refractivity contribution in [3.63, 3.8) is 0 Å². The Balaban J connectivity index is 1.36. The summed E-state index contributed by atoms with van der Waals surface area (Å²) in [4.78, 5) is 2.49. The number of aliphatic hydroxyl groups excluding tert-OH is 1. The second-order valence-electron chi connectivity index (χ2n) is 9.95. The fourth-order valence-electron chi connectivity index (χ4n) is 5.38. The van der Waals surface area contributed by atoms with Crippen LogP contribution in [-0.4, -0.2) is 72.8 Å². The fourth-order valence-corrected chi connectivity index (χ4v) is 5.38. The molecule has 0 amide bonds. The van der Waals surface area contributed by atoms with Crippen LogP contribution in [0.1, 0.15) is 58.8 Å². The van der Waals surface area contributed by atoms with Gasteiger partial charge in [0.05, 0.1) is 24.9 Å². The molecular weight excluding hydrogens is 376 g/mol. The number of hydrogen-bond acceptors (Lipinski definition) is 5. The molecule has 3 N–H and O–H groups in total. The molecule has 1 saturated heterocycles. The molecule has 0 bridgehead atoms. The van der Waals surface area contributed by atoms with Gasteiger partial charge in [-0.1, -0.05) is 43.6 Å². The minimum absolute atomic E-state index is 0.229. The van der Waals surface area contributed by atoms with E-state index in [9.17, 15) is 10.2 Å². The maximum absolute atomic E-state index is 10.5. The van der Waals surface area contributed by atoms with Crippen LogP contribution in [-0.2, 0) is 4.74 Å². The molecule has 2 fully saturated rings. The summed E-state index contributed by atoms with van der Waals surface area (Å²) >= 11 is 0. The van der Waals surface area contributed by atoms with E-state index in [4.69, 9.17) is 4.74 Å². The van der Waals surface area contributed by atoms with Gasteiger partial charge in [0.25, 0.3) is 0 Å². The summed E-state index contributed by atoms with van der Waals surface area (Å²) in [6.07, 6.45) is 13.4. The highest BCUT2D eigenvalue weighted by atomic mass is 16.5. The zero-order valence-electron chi connectivity index (χ0n) is 19.2. The van der Waals surface area contributed by atoms with Crippen LogP contribution in [0.25, 0.3) is 0 Å². The molecule has 1 heterocycles. The lowest BCUT2D eigenvalue weighted by Gasteiger charge is -2.26. The number of unbranched alkanes of at least 4 members (excludes halogenated alkanes) is 1. The third-order valence-corrected chi connectivity index (χ3v) is 7.22. The molecule has 0 aromatic heterocycles. The molecule has 5 nitrogen and oxygen atoms in total. The quantitative estimate of drug-likeness (QED) is 0.334. The van der Waals surface area contributed by atoms with Gasteiger partial charge in [-0.05, 0) is 64.0 Å². The molecule has 0 aromatic rings. The lowest BCUT2D eigenvalue weighted by atomic mass is 9.88. The Labute approximate surface area is 183 Å². The van der Waals surface area contributed by atoms with Gasteiger partial charge in [0.15, 0.2) is 0 Å². The number of rotatable bonds is 12. The van der Waals surface area contributed by atoms with Gasteiger partial charge >= 0.3 is 0 Å². The summed E-state index contributed by atoms with van der Waals surface area (Å²) in [6, 6.07) is 0. The lowest BCUT2D eigenvalue weighted by Crippen LogP contribution is -2.37. The van der Waals surface area contributed by atoms with E-state index in [1.807, 2.05) is 6.92 Å². The molecule has 3 rings (SSSR count). The zero-order valence-corrected chi connectivity index (χ0v) is 19.2. The Morgan fingerprint density at radius 1 is 1.30 bits per heavy atom. The summed E-state index contributed by atoms with van der Waals surface area (Å²) < 4.78 is 5.40. The normalized spacial score (nSPS) is 31.8. The molecule has 1 saturated carbocycles. The van der Waals surface area contributed by atoms with Crippen molar-refractivity contribution in [1.29, 1.82) is 0 Å². The molecule has 30 heavy (non-hydrogen) atoms. The first-order valence-electron chi connectivity index (χ1n) is 12.3. The Morgan fingerprint density at radius 2 is 2.10 bits per heavy atom. The molecule has 0 unspecified atom stereocenters.